The average molecular weight is 416 g/mol. The summed E-state index contributed by atoms with van der Waals surface area (Å²) in [6.45, 7) is 2.23. The molecule has 3 aromatic heterocycles. The number of benzene rings is 2. The largest absolute Gasteiger partial charge is 0.303 e. The van der Waals surface area contributed by atoms with Gasteiger partial charge in [0.05, 0.1) is 12.2 Å². The topological polar surface area (TPSA) is 60.9 Å². The number of imidazole rings is 1. The standard InChI is InChI=1S/C23H18F2N6/c1-15-27-23(31(29-15)13-16-6-8-18(24)9-7-16)21-14-30-11-10-26-22(30)20(28-21)12-17-4-2-3-5-19(17)25/h2-11,14H,12-13H2,1H3. The fraction of sp³-hybridized carbons (Fsp3) is 0.130. The van der Waals surface area contributed by atoms with Crippen LogP contribution >= 0.6 is 0 Å². The van der Waals surface area contributed by atoms with Gasteiger partial charge in [0.2, 0.25) is 0 Å². The predicted octanol–water partition coefficient (Wildman–Crippen LogP) is 4.21. The van der Waals surface area contributed by atoms with Gasteiger partial charge in [-0.15, -0.1) is 0 Å². The Morgan fingerprint density at radius 2 is 1.77 bits per heavy atom. The van der Waals surface area contributed by atoms with Gasteiger partial charge in [0.15, 0.2) is 11.5 Å². The SMILES string of the molecule is Cc1nc(-c2cn3ccnc3c(Cc3ccccc3F)n2)n(Cc2ccc(F)cc2)n1. The summed E-state index contributed by atoms with van der Waals surface area (Å²) in [4.78, 5) is 13.7. The minimum Gasteiger partial charge on any atom is -0.303 e. The lowest BCUT2D eigenvalue weighted by atomic mass is 10.1. The van der Waals surface area contributed by atoms with Crippen LogP contribution in [0.3, 0.4) is 0 Å². The number of fused-ring (bicyclic) bond motifs is 1. The van der Waals surface area contributed by atoms with Crippen molar-refractivity contribution < 1.29 is 8.78 Å². The van der Waals surface area contributed by atoms with E-state index < -0.39 is 0 Å². The van der Waals surface area contributed by atoms with E-state index >= 15 is 0 Å². The Labute approximate surface area is 176 Å². The van der Waals surface area contributed by atoms with Crippen LogP contribution in [0.25, 0.3) is 17.2 Å². The Bertz CT molecular complexity index is 1370. The molecule has 5 aromatic rings. The van der Waals surface area contributed by atoms with Crippen molar-refractivity contribution in [3.8, 4) is 11.5 Å². The molecule has 6 nitrogen and oxygen atoms in total. The zero-order chi connectivity index (χ0) is 21.4. The molecule has 0 atom stereocenters. The number of rotatable bonds is 5. The predicted molar refractivity (Wildman–Crippen MR) is 111 cm³/mol. The molecule has 31 heavy (non-hydrogen) atoms. The first-order valence-electron chi connectivity index (χ1n) is 9.79. The number of halogens is 2. The summed E-state index contributed by atoms with van der Waals surface area (Å²) in [6, 6.07) is 12.9. The van der Waals surface area contributed by atoms with E-state index in [4.69, 9.17) is 4.98 Å². The minimum absolute atomic E-state index is 0.283. The molecule has 2 aromatic carbocycles. The van der Waals surface area contributed by atoms with Gasteiger partial charge in [-0.25, -0.2) is 28.4 Å². The summed E-state index contributed by atoms with van der Waals surface area (Å²) >= 11 is 0. The highest BCUT2D eigenvalue weighted by atomic mass is 19.1. The molecule has 0 saturated heterocycles. The number of hydrogen-bond donors (Lipinski definition) is 0. The summed E-state index contributed by atoms with van der Waals surface area (Å²) < 4.78 is 31.1. The summed E-state index contributed by atoms with van der Waals surface area (Å²) in [5, 5.41) is 4.49. The average Bonchev–Trinajstić information content (AvgIpc) is 3.38. The van der Waals surface area contributed by atoms with Gasteiger partial charge in [-0.05, 0) is 36.2 Å². The van der Waals surface area contributed by atoms with Crippen LogP contribution in [0.15, 0.2) is 67.1 Å². The quantitative estimate of drug-likeness (QED) is 0.431. The van der Waals surface area contributed by atoms with Crippen LogP contribution in [0, 0.1) is 18.6 Å². The van der Waals surface area contributed by atoms with E-state index in [1.165, 1.54) is 18.2 Å². The van der Waals surface area contributed by atoms with Gasteiger partial charge in [-0.2, -0.15) is 5.10 Å². The van der Waals surface area contributed by atoms with Crippen molar-refractivity contribution in [1.82, 2.24) is 29.1 Å². The molecule has 0 bridgehead atoms. The molecule has 0 fully saturated rings. The number of nitrogens with zero attached hydrogens (tertiary/aromatic N) is 6. The lowest BCUT2D eigenvalue weighted by Gasteiger charge is -2.10. The van der Waals surface area contributed by atoms with E-state index in [2.05, 4.69) is 15.1 Å². The molecule has 0 saturated carbocycles. The summed E-state index contributed by atoms with van der Waals surface area (Å²) in [7, 11) is 0. The molecular formula is C23H18F2N6. The lowest BCUT2D eigenvalue weighted by molar-refractivity contribution is 0.613. The summed E-state index contributed by atoms with van der Waals surface area (Å²) in [5.41, 5.74) is 3.33. The maximum Gasteiger partial charge on any atom is 0.178 e. The van der Waals surface area contributed by atoms with Crippen LogP contribution in [0.2, 0.25) is 0 Å². The third-order valence-corrected chi connectivity index (χ3v) is 5.01. The molecule has 5 rings (SSSR count). The van der Waals surface area contributed by atoms with Crippen molar-refractivity contribution in [2.24, 2.45) is 0 Å². The molecule has 0 aliphatic carbocycles. The van der Waals surface area contributed by atoms with Gasteiger partial charge in [0.1, 0.15) is 23.2 Å². The Kier molecular flexibility index (Phi) is 4.74. The second-order valence-electron chi connectivity index (χ2n) is 7.27. The van der Waals surface area contributed by atoms with E-state index in [9.17, 15) is 8.78 Å². The summed E-state index contributed by atoms with van der Waals surface area (Å²) in [6.07, 6.45) is 5.63. The highest BCUT2D eigenvalue weighted by Gasteiger charge is 2.17. The lowest BCUT2D eigenvalue weighted by Crippen LogP contribution is -2.08. The van der Waals surface area contributed by atoms with Gasteiger partial charge >= 0.3 is 0 Å². The first kappa shape index (κ1) is 19.0. The molecule has 8 heteroatoms. The highest BCUT2D eigenvalue weighted by molar-refractivity contribution is 5.56. The Balaban J connectivity index is 1.58. The first-order valence-corrected chi connectivity index (χ1v) is 9.79. The molecule has 0 radical (unpaired) electrons. The van der Waals surface area contributed by atoms with Crippen LogP contribution < -0.4 is 0 Å². The molecule has 3 heterocycles. The zero-order valence-corrected chi connectivity index (χ0v) is 16.7. The van der Waals surface area contributed by atoms with E-state index in [-0.39, 0.29) is 11.6 Å². The van der Waals surface area contributed by atoms with Crippen molar-refractivity contribution in [2.45, 2.75) is 19.9 Å². The van der Waals surface area contributed by atoms with Crippen LogP contribution in [0.5, 0.6) is 0 Å². The van der Waals surface area contributed by atoms with E-state index in [1.54, 1.807) is 48.1 Å². The maximum absolute atomic E-state index is 14.3. The maximum atomic E-state index is 14.3. The normalized spacial score (nSPS) is 11.3. The fourth-order valence-electron chi connectivity index (χ4n) is 3.56. The molecular weight excluding hydrogens is 398 g/mol. The van der Waals surface area contributed by atoms with Gasteiger partial charge < -0.3 is 4.40 Å². The Hall–Kier alpha value is -3.94. The van der Waals surface area contributed by atoms with Crippen molar-refractivity contribution in [3.63, 3.8) is 0 Å². The Morgan fingerprint density at radius 1 is 0.968 bits per heavy atom. The van der Waals surface area contributed by atoms with Crippen LogP contribution in [0.1, 0.15) is 22.6 Å². The second-order valence-corrected chi connectivity index (χ2v) is 7.27. The molecule has 0 unspecified atom stereocenters. The van der Waals surface area contributed by atoms with E-state index in [0.717, 1.165) is 5.56 Å². The molecule has 0 aliphatic heterocycles. The molecule has 0 amide bonds. The molecule has 0 aliphatic rings. The van der Waals surface area contributed by atoms with Crippen molar-refractivity contribution in [3.05, 3.63) is 101 Å². The van der Waals surface area contributed by atoms with Crippen molar-refractivity contribution in [1.29, 1.82) is 0 Å². The first-order chi connectivity index (χ1) is 15.1. The number of aromatic nitrogens is 6. The van der Waals surface area contributed by atoms with Crippen molar-refractivity contribution in [2.75, 3.05) is 0 Å². The highest BCUT2D eigenvalue weighted by Crippen LogP contribution is 2.22. The molecule has 0 spiro atoms. The van der Waals surface area contributed by atoms with Gasteiger partial charge in [-0.1, -0.05) is 30.3 Å². The number of aryl methyl sites for hydroxylation is 1. The fourth-order valence-corrected chi connectivity index (χ4v) is 3.56. The van der Waals surface area contributed by atoms with Crippen LogP contribution in [0.4, 0.5) is 8.78 Å². The molecule has 154 valence electrons. The van der Waals surface area contributed by atoms with Gasteiger partial charge in [-0.3, -0.25) is 0 Å². The smallest absolute Gasteiger partial charge is 0.178 e. The number of hydrogen-bond acceptors (Lipinski definition) is 4. The third-order valence-electron chi connectivity index (χ3n) is 5.01. The van der Waals surface area contributed by atoms with E-state index in [0.29, 0.717) is 47.2 Å². The zero-order valence-electron chi connectivity index (χ0n) is 16.7. The van der Waals surface area contributed by atoms with Crippen LogP contribution in [-0.2, 0) is 13.0 Å². The van der Waals surface area contributed by atoms with Gasteiger partial charge in [0.25, 0.3) is 0 Å². The summed E-state index contributed by atoms with van der Waals surface area (Å²) in [5.74, 6) is 0.603. The van der Waals surface area contributed by atoms with E-state index in [1.807, 2.05) is 16.8 Å². The van der Waals surface area contributed by atoms with Gasteiger partial charge in [0, 0.05) is 25.0 Å². The second kappa shape index (κ2) is 7.71. The Morgan fingerprint density at radius 3 is 2.58 bits per heavy atom. The third kappa shape index (κ3) is 3.79. The minimum atomic E-state index is -0.288. The van der Waals surface area contributed by atoms with Crippen molar-refractivity contribution >= 4 is 5.65 Å². The van der Waals surface area contributed by atoms with Crippen LogP contribution in [-0.4, -0.2) is 29.1 Å². The monoisotopic (exact) mass is 416 g/mol. The molecule has 0 N–H and O–H groups in total.